The van der Waals surface area contributed by atoms with Crippen molar-refractivity contribution in [2.75, 3.05) is 36.0 Å². The summed E-state index contributed by atoms with van der Waals surface area (Å²) in [7, 11) is 0. The van der Waals surface area contributed by atoms with E-state index in [1.54, 1.807) is 30.5 Å². The lowest BCUT2D eigenvalue weighted by molar-refractivity contribution is 0.546. The Morgan fingerprint density at radius 2 is 1.88 bits per heavy atom. The molecule has 5 rings (SSSR count). The molecule has 2 aliphatic rings. The van der Waals surface area contributed by atoms with E-state index >= 15 is 0 Å². The predicted molar refractivity (Wildman–Crippen MR) is 122 cm³/mol. The molecule has 0 spiro atoms. The molecule has 2 aromatic heterocycles. The Balaban J connectivity index is 0.000000300. The molecule has 0 amide bonds. The average molecular weight is 436 g/mol. The minimum atomic E-state index is -0.178. The zero-order chi connectivity index (χ0) is 22.7. The zero-order valence-corrected chi connectivity index (χ0v) is 17.5. The third-order valence-corrected chi connectivity index (χ3v) is 5.96. The summed E-state index contributed by atoms with van der Waals surface area (Å²) in [6, 6.07) is 9.53. The van der Waals surface area contributed by atoms with Gasteiger partial charge in [0.25, 0.3) is 0 Å². The monoisotopic (exact) mass is 435 g/mol. The molecule has 3 unspecified atom stereocenters. The van der Waals surface area contributed by atoms with E-state index in [2.05, 4.69) is 24.8 Å². The maximum Gasteiger partial charge on any atom is 0.220 e. The van der Waals surface area contributed by atoms with E-state index in [1.807, 2.05) is 0 Å². The molecule has 0 bridgehead atoms. The summed E-state index contributed by atoms with van der Waals surface area (Å²) in [4.78, 5) is 18.9. The Bertz CT molecular complexity index is 1090. The van der Waals surface area contributed by atoms with Crippen LogP contribution < -0.4 is 22.1 Å². The van der Waals surface area contributed by atoms with E-state index in [-0.39, 0.29) is 23.3 Å². The molecule has 0 radical (unpaired) electrons. The third kappa shape index (κ3) is 4.65. The van der Waals surface area contributed by atoms with Crippen molar-refractivity contribution >= 4 is 23.3 Å². The van der Waals surface area contributed by atoms with Gasteiger partial charge in [0.15, 0.2) is 5.82 Å². The number of piperidine rings is 1. The van der Waals surface area contributed by atoms with Gasteiger partial charge < -0.3 is 22.1 Å². The van der Waals surface area contributed by atoms with Crippen LogP contribution >= 0.6 is 0 Å². The van der Waals surface area contributed by atoms with E-state index in [0.717, 1.165) is 37.8 Å². The normalized spacial score (nSPS) is 21.2. The number of rotatable bonds is 4. The molecule has 10 heteroatoms. The van der Waals surface area contributed by atoms with Crippen LogP contribution in [0.1, 0.15) is 17.8 Å². The Labute approximate surface area is 185 Å². The molecule has 1 aliphatic carbocycles. The summed E-state index contributed by atoms with van der Waals surface area (Å²) in [5.74, 6) is 2.96. The van der Waals surface area contributed by atoms with Gasteiger partial charge in [-0.1, -0.05) is 18.2 Å². The fourth-order valence-corrected chi connectivity index (χ4v) is 4.22. The summed E-state index contributed by atoms with van der Waals surface area (Å²) >= 11 is 0. The number of anilines is 3. The van der Waals surface area contributed by atoms with Gasteiger partial charge in [-0.2, -0.15) is 0 Å². The van der Waals surface area contributed by atoms with Crippen molar-refractivity contribution in [2.24, 2.45) is 23.5 Å². The average Bonchev–Trinajstić information content (AvgIpc) is 3.52. The summed E-state index contributed by atoms with van der Waals surface area (Å²) in [6.45, 7) is 2.64. The maximum atomic E-state index is 11.9. The molecule has 1 saturated carbocycles. The number of nitrogens with zero attached hydrogens (tertiary/aromatic N) is 5. The Morgan fingerprint density at radius 1 is 1.09 bits per heavy atom. The van der Waals surface area contributed by atoms with Crippen LogP contribution in [0.2, 0.25) is 0 Å². The first-order valence-corrected chi connectivity index (χ1v) is 10.4. The molecule has 3 aromatic rings. The lowest BCUT2D eigenvalue weighted by atomic mass is 10.1. The summed E-state index contributed by atoms with van der Waals surface area (Å²) in [5.41, 5.74) is 18.2. The van der Waals surface area contributed by atoms with Crippen LogP contribution in [0.4, 0.5) is 22.0 Å². The van der Waals surface area contributed by atoms with Crippen molar-refractivity contribution in [3.05, 3.63) is 66.0 Å². The van der Waals surface area contributed by atoms with Crippen molar-refractivity contribution in [3.63, 3.8) is 0 Å². The van der Waals surface area contributed by atoms with E-state index < -0.39 is 0 Å². The molecule has 3 heterocycles. The molecule has 7 N–H and O–H groups in total. The first kappa shape index (κ1) is 21.6. The molecule has 1 saturated heterocycles. The summed E-state index contributed by atoms with van der Waals surface area (Å²) < 4.78 is 11.9. The van der Waals surface area contributed by atoms with Crippen LogP contribution in [0.5, 0.6) is 0 Å². The largest absolute Gasteiger partial charge is 0.382 e. The van der Waals surface area contributed by atoms with Gasteiger partial charge in [0.1, 0.15) is 23.0 Å². The van der Waals surface area contributed by atoms with Crippen molar-refractivity contribution < 1.29 is 4.39 Å². The van der Waals surface area contributed by atoms with Crippen molar-refractivity contribution in [1.82, 2.24) is 19.9 Å². The second-order valence-corrected chi connectivity index (χ2v) is 7.89. The van der Waals surface area contributed by atoms with Crippen molar-refractivity contribution in [3.8, 4) is 0 Å². The van der Waals surface area contributed by atoms with Gasteiger partial charge in [0.2, 0.25) is 5.95 Å². The van der Waals surface area contributed by atoms with Crippen LogP contribution in [-0.4, -0.2) is 45.3 Å². The minimum absolute atomic E-state index is 0.0785. The molecule has 32 heavy (non-hydrogen) atoms. The van der Waals surface area contributed by atoms with Crippen LogP contribution in [-0.2, 0) is 0 Å². The van der Waals surface area contributed by atoms with Gasteiger partial charge >= 0.3 is 0 Å². The van der Waals surface area contributed by atoms with E-state index in [0.29, 0.717) is 23.2 Å². The van der Waals surface area contributed by atoms with Gasteiger partial charge in [-0.3, -0.25) is 5.41 Å². The van der Waals surface area contributed by atoms with Gasteiger partial charge in [0.05, 0.1) is 11.9 Å². The van der Waals surface area contributed by atoms with Crippen LogP contribution in [0.25, 0.3) is 0 Å². The fourth-order valence-electron chi connectivity index (χ4n) is 4.22. The molecular formula is C22H26FN9. The van der Waals surface area contributed by atoms with E-state index in [1.165, 1.54) is 18.3 Å². The second-order valence-electron chi connectivity index (χ2n) is 7.89. The SMILES string of the molecule is Fc1ccccc1.N=C(c1ccnc(N)n1)c1ncc(N2CCC3C(CN)C3C2)nc1N. The fraction of sp³-hybridized carbons (Fsp3) is 0.318. The summed E-state index contributed by atoms with van der Waals surface area (Å²) in [5, 5.41) is 8.26. The third-order valence-electron chi connectivity index (χ3n) is 5.96. The molecule has 2 fully saturated rings. The molecule has 9 nitrogen and oxygen atoms in total. The summed E-state index contributed by atoms with van der Waals surface area (Å²) in [6.07, 6.45) is 4.30. The van der Waals surface area contributed by atoms with E-state index in [4.69, 9.17) is 22.6 Å². The zero-order valence-electron chi connectivity index (χ0n) is 17.5. The number of halogens is 1. The highest BCUT2D eigenvalue weighted by atomic mass is 19.1. The second kappa shape index (κ2) is 9.23. The first-order chi connectivity index (χ1) is 15.5. The highest BCUT2D eigenvalue weighted by molar-refractivity contribution is 6.10. The predicted octanol–water partition coefficient (Wildman–Crippen LogP) is 1.70. The highest BCUT2D eigenvalue weighted by Gasteiger charge is 2.51. The Hall–Kier alpha value is -3.66. The molecular weight excluding hydrogens is 409 g/mol. The molecule has 1 aliphatic heterocycles. The van der Waals surface area contributed by atoms with Gasteiger partial charge in [0, 0.05) is 19.3 Å². The smallest absolute Gasteiger partial charge is 0.220 e. The van der Waals surface area contributed by atoms with Crippen molar-refractivity contribution in [1.29, 1.82) is 5.41 Å². The standard InChI is InChI=1S/C16H21N9.C6H5F/c17-5-9-8-2-4-25(7-10(8)9)12-6-22-14(15(19)24-12)13(18)11-1-3-21-16(20)23-11;7-6-4-2-1-3-5-6/h1,3,6,8-10,18H,2,4-5,7,17H2,(H2,19,24)(H2,20,21,23);1-5H. The van der Waals surface area contributed by atoms with Crippen LogP contribution in [0.3, 0.4) is 0 Å². The Kier molecular flexibility index (Phi) is 6.22. The number of fused-ring (bicyclic) bond motifs is 1. The maximum absolute atomic E-state index is 11.9. The first-order valence-electron chi connectivity index (χ1n) is 10.4. The molecule has 166 valence electrons. The van der Waals surface area contributed by atoms with Crippen LogP contribution in [0.15, 0.2) is 48.8 Å². The number of hydrogen-bond acceptors (Lipinski definition) is 9. The quantitative estimate of drug-likeness (QED) is 0.451. The number of nitrogens with two attached hydrogens (primary N) is 3. The minimum Gasteiger partial charge on any atom is -0.382 e. The number of aromatic nitrogens is 4. The topological polar surface area (TPSA) is 157 Å². The van der Waals surface area contributed by atoms with E-state index in [9.17, 15) is 4.39 Å². The van der Waals surface area contributed by atoms with Crippen LogP contribution in [0, 0.1) is 29.0 Å². The lowest BCUT2D eigenvalue weighted by Crippen LogP contribution is -2.32. The Morgan fingerprint density at radius 3 is 2.50 bits per heavy atom. The molecule has 1 aromatic carbocycles. The number of benzene rings is 1. The van der Waals surface area contributed by atoms with Crippen molar-refractivity contribution in [2.45, 2.75) is 6.42 Å². The number of hydrogen-bond donors (Lipinski definition) is 4. The van der Waals surface area contributed by atoms with Gasteiger partial charge in [-0.05, 0) is 48.9 Å². The number of nitrogens with one attached hydrogen (secondary N) is 1. The molecule has 3 atom stereocenters. The number of nitrogen functional groups attached to an aromatic ring is 2. The highest BCUT2D eigenvalue weighted by Crippen LogP contribution is 2.51. The van der Waals surface area contributed by atoms with Gasteiger partial charge in [-0.25, -0.2) is 24.3 Å². The van der Waals surface area contributed by atoms with Gasteiger partial charge in [-0.15, -0.1) is 0 Å². The lowest BCUT2D eigenvalue weighted by Gasteiger charge is -2.27.